The van der Waals surface area contributed by atoms with E-state index in [1.807, 2.05) is 30.3 Å². The van der Waals surface area contributed by atoms with Crippen LogP contribution in [0.1, 0.15) is 47.3 Å². The number of nitriles is 1. The SMILES string of the molecule is N#Cc1cccc(C(=O)NC(Cc2cc(-c3ccc(Cl)cc3)n[nH]2)=NC2CCCC2)c1. The molecule has 0 saturated heterocycles. The van der Waals surface area contributed by atoms with Gasteiger partial charge in [0.25, 0.3) is 5.91 Å². The van der Waals surface area contributed by atoms with Crippen LogP contribution in [0.4, 0.5) is 0 Å². The van der Waals surface area contributed by atoms with Crippen molar-refractivity contribution >= 4 is 23.3 Å². The number of aromatic amines is 1. The average molecular weight is 432 g/mol. The topological polar surface area (TPSA) is 93.9 Å². The molecule has 1 fully saturated rings. The molecule has 0 spiro atoms. The summed E-state index contributed by atoms with van der Waals surface area (Å²) < 4.78 is 0. The standard InChI is InChI=1S/C24H22ClN5O/c25-19-10-8-17(9-11-19)22-13-21(29-30-22)14-23(27-20-6-1-2-7-20)28-24(31)18-5-3-4-16(12-18)15-26/h3-5,8-13,20H,1-2,6-7,14H2,(H,29,30)(H,27,28,31). The highest BCUT2D eigenvalue weighted by Gasteiger charge is 2.18. The van der Waals surface area contributed by atoms with Crippen LogP contribution in [0.15, 0.2) is 59.6 Å². The van der Waals surface area contributed by atoms with Crippen molar-refractivity contribution in [2.75, 3.05) is 0 Å². The monoisotopic (exact) mass is 431 g/mol. The van der Waals surface area contributed by atoms with Gasteiger partial charge in [0.1, 0.15) is 5.84 Å². The summed E-state index contributed by atoms with van der Waals surface area (Å²) in [6, 6.07) is 18.4. The molecule has 1 aliphatic rings. The van der Waals surface area contributed by atoms with Crippen LogP contribution in [0, 0.1) is 11.3 Å². The smallest absolute Gasteiger partial charge is 0.256 e. The highest BCUT2D eigenvalue weighted by molar-refractivity contribution is 6.30. The number of aliphatic imine (C=N–C) groups is 1. The van der Waals surface area contributed by atoms with E-state index in [1.54, 1.807) is 24.3 Å². The Bertz CT molecular complexity index is 1140. The van der Waals surface area contributed by atoms with Gasteiger partial charge >= 0.3 is 0 Å². The minimum absolute atomic E-state index is 0.222. The molecular formula is C24H22ClN5O. The number of nitrogens with one attached hydrogen (secondary N) is 2. The van der Waals surface area contributed by atoms with Gasteiger partial charge in [-0.05, 0) is 49.2 Å². The van der Waals surface area contributed by atoms with Crippen molar-refractivity contribution in [2.45, 2.75) is 38.1 Å². The third kappa shape index (κ3) is 5.39. The maximum atomic E-state index is 12.8. The lowest BCUT2D eigenvalue weighted by Gasteiger charge is -2.11. The summed E-state index contributed by atoms with van der Waals surface area (Å²) in [5.74, 6) is 0.330. The van der Waals surface area contributed by atoms with Crippen molar-refractivity contribution in [3.05, 3.63) is 76.4 Å². The van der Waals surface area contributed by atoms with Crippen LogP contribution >= 0.6 is 11.6 Å². The molecule has 1 saturated carbocycles. The Morgan fingerprint density at radius 1 is 1.19 bits per heavy atom. The number of aromatic nitrogens is 2. The quantitative estimate of drug-likeness (QED) is 0.443. The zero-order valence-corrected chi connectivity index (χ0v) is 17.7. The largest absolute Gasteiger partial charge is 0.310 e. The molecule has 31 heavy (non-hydrogen) atoms. The number of benzene rings is 2. The first-order chi connectivity index (χ1) is 15.1. The van der Waals surface area contributed by atoms with E-state index < -0.39 is 0 Å². The predicted octanol–water partition coefficient (Wildman–Crippen LogP) is 4.92. The Morgan fingerprint density at radius 3 is 2.71 bits per heavy atom. The Kier molecular flexibility index (Phi) is 6.44. The zero-order chi connectivity index (χ0) is 21.6. The number of nitrogens with zero attached hydrogens (tertiary/aromatic N) is 3. The molecule has 2 N–H and O–H groups in total. The molecule has 4 rings (SSSR count). The average Bonchev–Trinajstić information content (AvgIpc) is 3.46. The molecule has 0 bridgehead atoms. The summed E-state index contributed by atoms with van der Waals surface area (Å²) in [6.45, 7) is 0. The van der Waals surface area contributed by atoms with Crippen LogP contribution in [-0.4, -0.2) is 28.0 Å². The van der Waals surface area contributed by atoms with E-state index in [1.165, 1.54) is 0 Å². The summed E-state index contributed by atoms with van der Waals surface area (Å²) in [5, 5.41) is 20.2. The number of halogens is 1. The molecule has 2 aromatic carbocycles. The lowest BCUT2D eigenvalue weighted by atomic mass is 10.1. The van der Waals surface area contributed by atoms with Gasteiger partial charge in [-0.2, -0.15) is 10.4 Å². The molecular weight excluding hydrogens is 410 g/mol. The fourth-order valence-electron chi connectivity index (χ4n) is 3.71. The number of amidine groups is 1. The lowest BCUT2D eigenvalue weighted by Crippen LogP contribution is -2.33. The minimum Gasteiger partial charge on any atom is -0.310 e. The van der Waals surface area contributed by atoms with Crippen LogP contribution in [-0.2, 0) is 6.42 Å². The number of hydrogen-bond donors (Lipinski definition) is 2. The number of carbonyl (C=O) groups excluding carboxylic acids is 1. The highest BCUT2D eigenvalue weighted by atomic mass is 35.5. The Morgan fingerprint density at radius 2 is 1.97 bits per heavy atom. The van der Waals surface area contributed by atoms with Gasteiger partial charge in [0.15, 0.2) is 0 Å². The molecule has 7 heteroatoms. The predicted molar refractivity (Wildman–Crippen MR) is 121 cm³/mol. The maximum absolute atomic E-state index is 12.8. The second kappa shape index (κ2) is 9.59. The molecule has 1 amide bonds. The number of H-pyrrole nitrogens is 1. The summed E-state index contributed by atoms with van der Waals surface area (Å²) >= 11 is 5.97. The lowest BCUT2D eigenvalue weighted by molar-refractivity contribution is 0.0976. The number of amides is 1. The van der Waals surface area contributed by atoms with Crippen molar-refractivity contribution in [1.82, 2.24) is 15.5 Å². The van der Waals surface area contributed by atoms with E-state index >= 15 is 0 Å². The van der Waals surface area contributed by atoms with Crippen molar-refractivity contribution in [3.8, 4) is 17.3 Å². The van der Waals surface area contributed by atoms with E-state index in [0.29, 0.717) is 28.4 Å². The second-order valence-corrected chi connectivity index (χ2v) is 8.06. The van der Waals surface area contributed by atoms with Crippen molar-refractivity contribution in [3.63, 3.8) is 0 Å². The molecule has 156 valence electrons. The van der Waals surface area contributed by atoms with Crippen LogP contribution in [0.25, 0.3) is 11.3 Å². The van der Waals surface area contributed by atoms with Gasteiger partial charge in [-0.15, -0.1) is 0 Å². The fourth-order valence-corrected chi connectivity index (χ4v) is 3.84. The normalized spacial score (nSPS) is 14.4. The van der Waals surface area contributed by atoms with Crippen LogP contribution in [0.3, 0.4) is 0 Å². The van der Waals surface area contributed by atoms with Crippen LogP contribution in [0.5, 0.6) is 0 Å². The maximum Gasteiger partial charge on any atom is 0.256 e. The summed E-state index contributed by atoms with van der Waals surface area (Å²) in [5.41, 5.74) is 3.50. The number of rotatable bonds is 5. The molecule has 1 heterocycles. The first-order valence-electron chi connectivity index (χ1n) is 10.3. The summed E-state index contributed by atoms with van der Waals surface area (Å²) in [4.78, 5) is 17.6. The molecule has 3 aromatic rings. The van der Waals surface area contributed by atoms with Gasteiger partial charge in [-0.25, -0.2) is 0 Å². The highest BCUT2D eigenvalue weighted by Crippen LogP contribution is 2.22. The van der Waals surface area contributed by atoms with Gasteiger partial charge in [0, 0.05) is 28.3 Å². The number of hydrogen-bond acceptors (Lipinski definition) is 4. The zero-order valence-electron chi connectivity index (χ0n) is 16.9. The van der Waals surface area contributed by atoms with E-state index in [9.17, 15) is 4.79 Å². The molecule has 0 aliphatic heterocycles. The molecule has 1 aliphatic carbocycles. The first-order valence-corrected chi connectivity index (χ1v) is 10.7. The Balaban J connectivity index is 1.53. The van der Waals surface area contributed by atoms with E-state index in [0.717, 1.165) is 42.6 Å². The Hall–Kier alpha value is -3.43. The third-order valence-electron chi connectivity index (χ3n) is 5.30. The fraction of sp³-hybridized carbons (Fsp3) is 0.250. The molecule has 0 unspecified atom stereocenters. The van der Waals surface area contributed by atoms with Crippen molar-refractivity contribution < 1.29 is 4.79 Å². The van der Waals surface area contributed by atoms with Gasteiger partial charge in [0.2, 0.25) is 0 Å². The van der Waals surface area contributed by atoms with E-state index in [2.05, 4.69) is 21.6 Å². The van der Waals surface area contributed by atoms with E-state index in [4.69, 9.17) is 21.9 Å². The number of carbonyl (C=O) groups is 1. The summed E-state index contributed by atoms with van der Waals surface area (Å²) in [7, 11) is 0. The third-order valence-corrected chi connectivity index (χ3v) is 5.56. The van der Waals surface area contributed by atoms with E-state index in [-0.39, 0.29) is 11.9 Å². The van der Waals surface area contributed by atoms with Gasteiger partial charge in [-0.1, -0.05) is 42.6 Å². The van der Waals surface area contributed by atoms with Crippen LogP contribution < -0.4 is 5.32 Å². The van der Waals surface area contributed by atoms with Crippen molar-refractivity contribution in [2.24, 2.45) is 4.99 Å². The molecule has 0 radical (unpaired) electrons. The molecule has 1 aromatic heterocycles. The van der Waals surface area contributed by atoms with Gasteiger partial charge < -0.3 is 5.32 Å². The second-order valence-electron chi connectivity index (χ2n) is 7.62. The Labute approximate surface area is 186 Å². The molecule has 0 atom stereocenters. The summed E-state index contributed by atoms with van der Waals surface area (Å²) in [6.07, 6.45) is 4.81. The van der Waals surface area contributed by atoms with Gasteiger partial charge in [0.05, 0.1) is 23.4 Å². The minimum atomic E-state index is -0.272. The van der Waals surface area contributed by atoms with Crippen molar-refractivity contribution in [1.29, 1.82) is 5.26 Å². The molecule has 6 nitrogen and oxygen atoms in total. The van der Waals surface area contributed by atoms with Gasteiger partial charge in [-0.3, -0.25) is 14.9 Å². The van der Waals surface area contributed by atoms with Crippen LogP contribution in [0.2, 0.25) is 5.02 Å². The first kappa shape index (κ1) is 20.8.